The van der Waals surface area contributed by atoms with Gasteiger partial charge in [-0.2, -0.15) is 0 Å². The summed E-state index contributed by atoms with van der Waals surface area (Å²) in [4.78, 5) is 11.2. The van der Waals surface area contributed by atoms with Gasteiger partial charge in [-0.1, -0.05) is 29.8 Å². The van der Waals surface area contributed by atoms with Gasteiger partial charge in [-0.05, 0) is 42.8 Å². The molecule has 0 bridgehead atoms. The molecule has 1 unspecified atom stereocenters. The van der Waals surface area contributed by atoms with Crippen LogP contribution in [-0.4, -0.2) is 13.2 Å². The molecule has 0 aliphatic heterocycles. The number of ether oxygens (including phenoxy) is 1. The summed E-state index contributed by atoms with van der Waals surface area (Å²) in [6, 6.07) is 15.3. The maximum atomic E-state index is 11.2. The van der Waals surface area contributed by atoms with Crippen LogP contribution in [0.2, 0.25) is 5.02 Å². The van der Waals surface area contributed by atoms with E-state index in [0.717, 1.165) is 16.3 Å². The Labute approximate surface area is 129 Å². The van der Waals surface area contributed by atoms with Gasteiger partial charge in [0.05, 0.1) is 7.11 Å². The lowest BCUT2D eigenvalue weighted by Gasteiger charge is -2.16. The lowest BCUT2D eigenvalue weighted by atomic mass is 10.1. The van der Waals surface area contributed by atoms with Crippen molar-refractivity contribution >= 4 is 29.1 Å². The highest BCUT2D eigenvalue weighted by Gasteiger charge is 2.06. The molecule has 110 valence electrons. The van der Waals surface area contributed by atoms with Crippen LogP contribution in [0.1, 0.15) is 18.5 Å². The number of methoxy groups -OCH3 is 1. The van der Waals surface area contributed by atoms with Crippen LogP contribution in [0.25, 0.3) is 0 Å². The molecule has 0 radical (unpaired) electrons. The third-order valence-electron chi connectivity index (χ3n) is 3.05. The van der Waals surface area contributed by atoms with E-state index in [4.69, 9.17) is 11.6 Å². The number of amides is 1. The summed E-state index contributed by atoms with van der Waals surface area (Å²) >= 11 is 5.89. The summed E-state index contributed by atoms with van der Waals surface area (Å²) in [7, 11) is 1.33. The predicted octanol–water partition coefficient (Wildman–Crippen LogP) is 4.69. The average Bonchev–Trinajstić information content (AvgIpc) is 2.48. The number of rotatable bonds is 4. The maximum absolute atomic E-state index is 11.2. The van der Waals surface area contributed by atoms with Crippen LogP contribution >= 0.6 is 11.6 Å². The van der Waals surface area contributed by atoms with Gasteiger partial charge in [-0.3, -0.25) is 5.32 Å². The highest BCUT2D eigenvalue weighted by molar-refractivity contribution is 6.30. The van der Waals surface area contributed by atoms with Crippen molar-refractivity contribution in [1.82, 2.24) is 0 Å². The van der Waals surface area contributed by atoms with E-state index in [9.17, 15) is 4.79 Å². The van der Waals surface area contributed by atoms with Crippen molar-refractivity contribution in [1.29, 1.82) is 0 Å². The van der Waals surface area contributed by atoms with Crippen LogP contribution in [0.15, 0.2) is 48.5 Å². The lowest BCUT2D eigenvalue weighted by molar-refractivity contribution is 0.187. The number of hydrogen-bond acceptors (Lipinski definition) is 3. The maximum Gasteiger partial charge on any atom is 0.411 e. The Balaban J connectivity index is 2.06. The van der Waals surface area contributed by atoms with Crippen molar-refractivity contribution < 1.29 is 9.53 Å². The van der Waals surface area contributed by atoms with Gasteiger partial charge in [-0.25, -0.2) is 4.79 Å². The summed E-state index contributed by atoms with van der Waals surface area (Å²) < 4.78 is 4.57. The minimum Gasteiger partial charge on any atom is -0.453 e. The fourth-order valence-electron chi connectivity index (χ4n) is 1.94. The van der Waals surface area contributed by atoms with Crippen molar-refractivity contribution in [2.45, 2.75) is 13.0 Å². The molecule has 2 rings (SSSR count). The van der Waals surface area contributed by atoms with E-state index in [1.807, 2.05) is 42.5 Å². The average molecular weight is 305 g/mol. The molecule has 0 fully saturated rings. The fourth-order valence-corrected chi connectivity index (χ4v) is 2.07. The van der Waals surface area contributed by atoms with Crippen molar-refractivity contribution in [2.75, 3.05) is 17.7 Å². The Hall–Kier alpha value is -2.20. The first-order valence-electron chi connectivity index (χ1n) is 6.55. The number of carbonyl (C=O) groups is 1. The first-order valence-corrected chi connectivity index (χ1v) is 6.93. The minimum absolute atomic E-state index is 0.121. The van der Waals surface area contributed by atoms with Crippen molar-refractivity contribution in [3.63, 3.8) is 0 Å². The highest BCUT2D eigenvalue weighted by Crippen LogP contribution is 2.23. The smallest absolute Gasteiger partial charge is 0.411 e. The molecule has 0 aromatic heterocycles. The predicted molar refractivity (Wildman–Crippen MR) is 86.0 cm³/mol. The van der Waals surface area contributed by atoms with Crippen LogP contribution in [0.3, 0.4) is 0 Å². The number of carbonyl (C=O) groups excluding carboxylic acids is 1. The summed E-state index contributed by atoms with van der Waals surface area (Å²) in [5, 5.41) is 6.73. The van der Waals surface area contributed by atoms with E-state index in [1.54, 1.807) is 6.07 Å². The largest absolute Gasteiger partial charge is 0.453 e. The molecule has 0 saturated carbocycles. The van der Waals surface area contributed by atoms with Crippen molar-refractivity contribution in [3.8, 4) is 0 Å². The van der Waals surface area contributed by atoms with Crippen LogP contribution in [0.4, 0.5) is 16.2 Å². The number of halogens is 1. The van der Waals surface area contributed by atoms with Gasteiger partial charge < -0.3 is 10.1 Å². The zero-order valence-corrected chi connectivity index (χ0v) is 12.6. The summed E-state index contributed by atoms with van der Waals surface area (Å²) in [5.74, 6) is 0. The zero-order chi connectivity index (χ0) is 15.2. The minimum atomic E-state index is -0.488. The van der Waals surface area contributed by atoms with Crippen molar-refractivity contribution in [3.05, 3.63) is 59.1 Å². The molecule has 0 spiro atoms. The normalized spacial score (nSPS) is 11.6. The SMILES string of the molecule is COC(=O)Nc1cccc(NC(C)c2ccc(Cl)cc2)c1. The molecule has 4 nitrogen and oxygen atoms in total. The molecule has 0 saturated heterocycles. The monoisotopic (exact) mass is 304 g/mol. The molecular formula is C16H17ClN2O2. The van der Waals surface area contributed by atoms with Crippen LogP contribution in [-0.2, 0) is 4.74 Å². The number of hydrogen-bond donors (Lipinski definition) is 2. The van der Waals surface area contributed by atoms with Gasteiger partial charge in [0.15, 0.2) is 0 Å². The molecule has 0 aliphatic rings. The Bertz CT molecular complexity index is 614. The lowest BCUT2D eigenvalue weighted by Crippen LogP contribution is -2.11. The summed E-state index contributed by atoms with van der Waals surface area (Å²) in [5.41, 5.74) is 2.72. The molecule has 0 aliphatic carbocycles. The fraction of sp³-hybridized carbons (Fsp3) is 0.188. The highest BCUT2D eigenvalue weighted by atomic mass is 35.5. The Morgan fingerprint density at radius 3 is 2.48 bits per heavy atom. The molecular weight excluding hydrogens is 288 g/mol. The molecule has 21 heavy (non-hydrogen) atoms. The second-order valence-electron chi connectivity index (χ2n) is 4.61. The number of nitrogens with one attached hydrogen (secondary N) is 2. The quantitative estimate of drug-likeness (QED) is 0.861. The molecule has 2 N–H and O–H groups in total. The van der Waals surface area contributed by atoms with Gasteiger partial charge in [0, 0.05) is 22.4 Å². The van der Waals surface area contributed by atoms with E-state index in [1.165, 1.54) is 7.11 Å². The molecule has 1 amide bonds. The third-order valence-corrected chi connectivity index (χ3v) is 3.30. The number of anilines is 2. The molecule has 2 aromatic carbocycles. The van der Waals surface area contributed by atoms with Gasteiger partial charge >= 0.3 is 6.09 Å². The summed E-state index contributed by atoms with van der Waals surface area (Å²) in [6.07, 6.45) is -0.488. The van der Waals surface area contributed by atoms with E-state index in [2.05, 4.69) is 22.3 Å². The second-order valence-corrected chi connectivity index (χ2v) is 5.05. The van der Waals surface area contributed by atoms with Gasteiger partial charge in [0.25, 0.3) is 0 Å². The number of benzene rings is 2. The molecule has 5 heteroatoms. The Morgan fingerprint density at radius 2 is 1.81 bits per heavy atom. The van der Waals surface area contributed by atoms with Gasteiger partial charge in [0.2, 0.25) is 0 Å². The van der Waals surface area contributed by atoms with E-state index in [-0.39, 0.29) is 6.04 Å². The first kappa shape index (κ1) is 15.2. The molecule has 1 atom stereocenters. The zero-order valence-electron chi connectivity index (χ0n) is 11.9. The standard InChI is InChI=1S/C16H17ClN2O2/c1-11(12-6-8-13(17)9-7-12)18-14-4-3-5-15(10-14)19-16(20)21-2/h3-11,18H,1-2H3,(H,19,20). The Morgan fingerprint density at radius 1 is 1.14 bits per heavy atom. The third kappa shape index (κ3) is 4.39. The van der Waals surface area contributed by atoms with E-state index < -0.39 is 6.09 Å². The van der Waals surface area contributed by atoms with Crippen LogP contribution in [0.5, 0.6) is 0 Å². The first-order chi connectivity index (χ1) is 10.1. The topological polar surface area (TPSA) is 50.4 Å². The second kappa shape index (κ2) is 6.99. The van der Waals surface area contributed by atoms with Crippen molar-refractivity contribution in [2.24, 2.45) is 0 Å². The molecule has 0 heterocycles. The van der Waals surface area contributed by atoms with E-state index in [0.29, 0.717) is 5.69 Å². The molecule has 2 aromatic rings. The summed E-state index contributed by atoms with van der Waals surface area (Å²) in [6.45, 7) is 2.06. The van der Waals surface area contributed by atoms with Gasteiger partial charge in [-0.15, -0.1) is 0 Å². The van der Waals surface area contributed by atoms with Gasteiger partial charge in [0.1, 0.15) is 0 Å². The van der Waals surface area contributed by atoms with Crippen LogP contribution in [0, 0.1) is 0 Å². The van der Waals surface area contributed by atoms with E-state index >= 15 is 0 Å². The van der Waals surface area contributed by atoms with Crippen LogP contribution < -0.4 is 10.6 Å². The Kier molecular flexibility index (Phi) is 5.06.